The van der Waals surface area contributed by atoms with Crippen LogP contribution in [0.15, 0.2) is 18.5 Å². The summed E-state index contributed by atoms with van der Waals surface area (Å²) in [6, 6.07) is 1.94. The van der Waals surface area contributed by atoms with Gasteiger partial charge in [0.2, 0.25) is 5.91 Å². The van der Waals surface area contributed by atoms with Crippen LogP contribution in [-0.4, -0.2) is 23.6 Å². The number of rotatable bonds is 3. The van der Waals surface area contributed by atoms with Gasteiger partial charge < -0.3 is 10.1 Å². The molecule has 1 amide bonds. The number of carbonyl (C=O) groups excluding carboxylic acids is 1. The van der Waals surface area contributed by atoms with E-state index in [1.807, 2.05) is 26.1 Å². The van der Waals surface area contributed by atoms with Gasteiger partial charge in [0.05, 0.1) is 12.0 Å². The van der Waals surface area contributed by atoms with Gasteiger partial charge in [-0.25, -0.2) is 0 Å². The van der Waals surface area contributed by atoms with Crippen LogP contribution >= 0.6 is 0 Å². The first-order chi connectivity index (χ1) is 8.68. The number of carbonyl (C=O) groups is 1. The van der Waals surface area contributed by atoms with E-state index in [4.69, 9.17) is 4.74 Å². The van der Waals surface area contributed by atoms with Crippen LogP contribution < -0.4 is 5.32 Å². The number of nitrogens with one attached hydrogen (secondary N) is 1. The second kappa shape index (κ2) is 5.96. The van der Waals surface area contributed by atoms with Gasteiger partial charge in [0.25, 0.3) is 0 Å². The van der Waals surface area contributed by atoms with Gasteiger partial charge in [-0.2, -0.15) is 0 Å². The lowest BCUT2D eigenvalue weighted by Crippen LogP contribution is -2.40. The number of aryl methyl sites for hydroxylation is 1. The molecule has 0 spiro atoms. The molecule has 1 aliphatic rings. The first-order valence-corrected chi connectivity index (χ1v) is 6.47. The van der Waals surface area contributed by atoms with Crippen molar-refractivity contribution in [2.45, 2.75) is 39.3 Å². The van der Waals surface area contributed by atoms with Crippen LogP contribution in [-0.2, 0) is 16.1 Å². The molecule has 1 saturated heterocycles. The van der Waals surface area contributed by atoms with Crippen LogP contribution in [0.3, 0.4) is 0 Å². The van der Waals surface area contributed by atoms with Crippen molar-refractivity contribution in [3.05, 3.63) is 29.6 Å². The fourth-order valence-electron chi connectivity index (χ4n) is 2.28. The van der Waals surface area contributed by atoms with Crippen molar-refractivity contribution in [3.8, 4) is 0 Å². The van der Waals surface area contributed by atoms with Crippen LogP contribution in [0.5, 0.6) is 0 Å². The average Bonchev–Trinajstić information content (AvgIpc) is 2.38. The molecule has 1 aliphatic heterocycles. The fourth-order valence-corrected chi connectivity index (χ4v) is 2.28. The molecule has 2 atom stereocenters. The van der Waals surface area contributed by atoms with E-state index in [0.29, 0.717) is 6.54 Å². The summed E-state index contributed by atoms with van der Waals surface area (Å²) in [7, 11) is 0. The standard InChI is InChI=1S/C14H20N2O2/c1-10-8-15-6-5-12(10)9-16-14(17)13-4-3-7-18-11(13)2/h5-6,8,11,13H,3-4,7,9H2,1-2H3,(H,16,17). The molecule has 18 heavy (non-hydrogen) atoms. The Balaban J connectivity index is 1.90. The second-order valence-corrected chi connectivity index (χ2v) is 4.84. The third-order valence-electron chi connectivity index (χ3n) is 3.53. The maximum Gasteiger partial charge on any atom is 0.225 e. The van der Waals surface area contributed by atoms with E-state index < -0.39 is 0 Å². The van der Waals surface area contributed by atoms with Crippen molar-refractivity contribution in [2.75, 3.05) is 6.61 Å². The Kier molecular flexibility index (Phi) is 4.31. The van der Waals surface area contributed by atoms with Gasteiger partial charge in [-0.3, -0.25) is 9.78 Å². The molecule has 98 valence electrons. The molecule has 1 aromatic heterocycles. The highest BCUT2D eigenvalue weighted by Crippen LogP contribution is 2.20. The van der Waals surface area contributed by atoms with E-state index >= 15 is 0 Å². The molecule has 1 fully saturated rings. The Hall–Kier alpha value is -1.42. The quantitative estimate of drug-likeness (QED) is 0.887. The Labute approximate surface area is 108 Å². The molecule has 0 aliphatic carbocycles. The minimum atomic E-state index is -0.0131. The number of hydrogen-bond donors (Lipinski definition) is 1. The maximum absolute atomic E-state index is 12.1. The highest BCUT2D eigenvalue weighted by atomic mass is 16.5. The molecule has 4 heteroatoms. The van der Waals surface area contributed by atoms with Crippen molar-refractivity contribution >= 4 is 5.91 Å². The monoisotopic (exact) mass is 248 g/mol. The number of amides is 1. The predicted molar refractivity (Wildman–Crippen MR) is 69.0 cm³/mol. The van der Waals surface area contributed by atoms with Crippen molar-refractivity contribution in [1.29, 1.82) is 0 Å². The molecule has 2 heterocycles. The molecule has 2 unspecified atom stereocenters. The van der Waals surface area contributed by atoms with Crippen molar-refractivity contribution in [1.82, 2.24) is 10.3 Å². The molecule has 0 saturated carbocycles. The first kappa shape index (κ1) is 13.0. The molecule has 1 N–H and O–H groups in total. The first-order valence-electron chi connectivity index (χ1n) is 6.47. The van der Waals surface area contributed by atoms with Gasteiger partial charge in [-0.15, -0.1) is 0 Å². The van der Waals surface area contributed by atoms with E-state index in [1.54, 1.807) is 6.20 Å². The van der Waals surface area contributed by atoms with Gasteiger partial charge in [-0.05, 0) is 43.9 Å². The summed E-state index contributed by atoms with van der Waals surface area (Å²) in [6.07, 6.45) is 5.48. The van der Waals surface area contributed by atoms with Gasteiger partial charge in [0.1, 0.15) is 0 Å². The van der Waals surface area contributed by atoms with Crippen molar-refractivity contribution in [3.63, 3.8) is 0 Å². The zero-order chi connectivity index (χ0) is 13.0. The van der Waals surface area contributed by atoms with Crippen LogP contribution in [0.1, 0.15) is 30.9 Å². The summed E-state index contributed by atoms with van der Waals surface area (Å²) in [5.74, 6) is 0.0827. The SMILES string of the molecule is Cc1cnccc1CNC(=O)C1CCCOC1C. The van der Waals surface area contributed by atoms with E-state index in [0.717, 1.165) is 30.6 Å². The lowest BCUT2D eigenvalue weighted by atomic mass is 9.94. The topological polar surface area (TPSA) is 51.2 Å². The summed E-state index contributed by atoms with van der Waals surface area (Å²) in [4.78, 5) is 16.1. The zero-order valence-corrected chi connectivity index (χ0v) is 11.0. The predicted octanol–water partition coefficient (Wildman–Crippen LogP) is 1.82. The lowest BCUT2D eigenvalue weighted by Gasteiger charge is -2.28. The van der Waals surface area contributed by atoms with Gasteiger partial charge in [-0.1, -0.05) is 0 Å². The van der Waals surface area contributed by atoms with E-state index in [1.165, 1.54) is 0 Å². The largest absolute Gasteiger partial charge is 0.378 e. The summed E-state index contributed by atoms with van der Waals surface area (Å²) in [5.41, 5.74) is 2.22. The van der Waals surface area contributed by atoms with Gasteiger partial charge in [0.15, 0.2) is 0 Å². The lowest BCUT2D eigenvalue weighted by molar-refractivity contribution is -0.133. The molecule has 1 aromatic rings. The number of ether oxygens (including phenoxy) is 1. The summed E-state index contributed by atoms with van der Waals surface area (Å²) in [6.45, 7) is 5.31. The Morgan fingerprint density at radius 1 is 1.61 bits per heavy atom. The average molecular weight is 248 g/mol. The summed E-state index contributed by atoms with van der Waals surface area (Å²) >= 11 is 0. The Bertz CT molecular complexity index is 420. The molecule has 0 bridgehead atoms. The molecule has 4 nitrogen and oxygen atoms in total. The molecular weight excluding hydrogens is 228 g/mol. The number of hydrogen-bond acceptors (Lipinski definition) is 3. The normalized spacial score (nSPS) is 23.7. The molecule has 0 aromatic carbocycles. The molecule has 2 rings (SSSR count). The number of pyridine rings is 1. The number of nitrogens with zero attached hydrogens (tertiary/aromatic N) is 1. The van der Waals surface area contributed by atoms with E-state index in [9.17, 15) is 4.79 Å². The van der Waals surface area contributed by atoms with E-state index in [2.05, 4.69) is 10.3 Å². The highest BCUT2D eigenvalue weighted by Gasteiger charge is 2.28. The Morgan fingerprint density at radius 2 is 2.44 bits per heavy atom. The molecule has 0 radical (unpaired) electrons. The van der Waals surface area contributed by atoms with Crippen LogP contribution in [0, 0.1) is 12.8 Å². The second-order valence-electron chi connectivity index (χ2n) is 4.84. The summed E-state index contributed by atoms with van der Waals surface area (Å²) < 4.78 is 5.52. The Morgan fingerprint density at radius 3 is 3.17 bits per heavy atom. The smallest absolute Gasteiger partial charge is 0.225 e. The van der Waals surface area contributed by atoms with Crippen molar-refractivity contribution in [2.24, 2.45) is 5.92 Å². The van der Waals surface area contributed by atoms with Gasteiger partial charge in [0, 0.05) is 25.5 Å². The van der Waals surface area contributed by atoms with Crippen molar-refractivity contribution < 1.29 is 9.53 Å². The third kappa shape index (κ3) is 3.07. The minimum absolute atomic E-state index is 0.0131. The third-order valence-corrected chi connectivity index (χ3v) is 3.53. The number of aromatic nitrogens is 1. The van der Waals surface area contributed by atoms with Crippen LogP contribution in [0.4, 0.5) is 0 Å². The van der Waals surface area contributed by atoms with Gasteiger partial charge >= 0.3 is 0 Å². The summed E-state index contributed by atoms with van der Waals surface area (Å²) in [5, 5.41) is 2.99. The fraction of sp³-hybridized carbons (Fsp3) is 0.571. The van der Waals surface area contributed by atoms with Crippen LogP contribution in [0.25, 0.3) is 0 Å². The molecular formula is C14H20N2O2. The minimum Gasteiger partial charge on any atom is -0.378 e. The van der Waals surface area contributed by atoms with E-state index in [-0.39, 0.29) is 17.9 Å². The zero-order valence-electron chi connectivity index (χ0n) is 11.0. The van der Waals surface area contributed by atoms with Crippen LogP contribution in [0.2, 0.25) is 0 Å². The maximum atomic E-state index is 12.1. The highest BCUT2D eigenvalue weighted by molar-refractivity contribution is 5.79.